The first-order chi connectivity index (χ1) is 36.0. The quantitative estimate of drug-likeness (QED) is 0.0607. The Kier molecular flexibility index (Phi) is 15.9. The van der Waals surface area contributed by atoms with Crippen molar-refractivity contribution in [3.8, 4) is 0 Å². The Bertz CT molecular complexity index is 2850. The average Bonchev–Trinajstić information content (AvgIpc) is 3.94. The summed E-state index contributed by atoms with van der Waals surface area (Å²) >= 11 is 2.34. The van der Waals surface area contributed by atoms with E-state index in [9.17, 15) is 57.8 Å². The van der Waals surface area contributed by atoms with Crippen LogP contribution in [0.1, 0.15) is 124 Å². The van der Waals surface area contributed by atoms with E-state index < -0.39 is 128 Å². The lowest BCUT2D eigenvalue weighted by Gasteiger charge is -2.48. The lowest BCUT2D eigenvalue weighted by atomic mass is 9.93. The molecule has 9 atom stereocenters. The van der Waals surface area contributed by atoms with Crippen LogP contribution in [0.4, 0.5) is 9.59 Å². The number of primary amides is 2. The molecule has 76 heavy (non-hydrogen) atoms. The van der Waals surface area contributed by atoms with E-state index >= 15 is 0 Å². The smallest absolute Gasteiger partial charge is 0.342 e. The normalized spacial score (nSPS) is 24.0. The zero-order valence-corrected chi connectivity index (χ0v) is 43.6. The van der Waals surface area contributed by atoms with Gasteiger partial charge in [-0.25, -0.2) is 24.0 Å². The van der Waals surface area contributed by atoms with Crippen molar-refractivity contribution in [1.29, 1.82) is 0 Å². The third-order valence-corrected chi connectivity index (χ3v) is 17.2. The van der Waals surface area contributed by atoms with Gasteiger partial charge < -0.3 is 46.5 Å². The minimum absolute atomic E-state index is 0.183. The molecule has 4 fully saturated rings. The van der Waals surface area contributed by atoms with Gasteiger partial charge in [0.2, 0.25) is 11.8 Å². The number of thioether (sulfide) groups is 2. The first kappa shape index (κ1) is 54.8. The third-order valence-electron chi connectivity index (χ3n) is 14.1. The Labute approximate surface area is 445 Å². The topological polar surface area (TPSA) is 316 Å². The van der Waals surface area contributed by atoms with E-state index in [1.165, 1.54) is 27.6 Å². The number of aliphatic carboxylic acids is 1. The summed E-state index contributed by atoms with van der Waals surface area (Å²) in [6.07, 6.45) is 0.852. The summed E-state index contributed by atoms with van der Waals surface area (Å²) in [7, 11) is 0. The zero-order valence-electron chi connectivity index (χ0n) is 42.0. The molecule has 0 spiro atoms. The Morgan fingerprint density at radius 3 is 1.49 bits per heavy atom. The van der Waals surface area contributed by atoms with Crippen LogP contribution in [-0.4, -0.2) is 135 Å². The molecule has 7 N–H and O–H groups in total. The average molecular weight is 1080 g/mol. The van der Waals surface area contributed by atoms with Crippen molar-refractivity contribution >= 4 is 88.9 Å². The van der Waals surface area contributed by atoms with Crippen molar-refractivity contribution in [1.82, 2.24) is 30.2 Å². The van der Waals surface area contributed by atoms with Crippen LogP contribution >= 0.6 is 23.5 Å². The number of nitrogens with zero attached hydrogens (tertiary/aromatic N) is 4. The van der Waals surface area contributed by atoms with E-state index in [4.69, 9.17) is 20.9 Å². The van der Waals surface area contributed by atoms with Gasteiger partial charge in [-0.3, -0.25) is 38.6 Å². The van der Waals surface area contributed by atoms with Crippen LogP contribution in [0.15, 0.2) is 84.9 Å². The summed E-state index contributed by atoms with van der Waals surface area (Å²) in [6.45, 7) is 6.75. The highest BCUT2D eigenvalue weighted by Crippen LogP contribution is 2.54. The highest BCUT2D eigenvalue weighted by Gasteiger charge is 2.68. The number of imide groups is 2. The monoisotopic (exact) mass is 1080 g/mol. The van der Waals surface area contributed by atoms with E-state index in [1.807, 2.05) is 0 Å². The summed E-state index contributed by atoms with van der Waals surface area (Å²) < 4.78 is 9.05. The molecule has 0 aliphatic carbocycles. The van der Waals surface area contributed by atoms with Gasteiger partial charge in [0.15, 0.2) is 0 Å². The molecule has 402 valence electrons. The standard InChI is InChI=1S/C52H58N8O14S2/c1-51(2)37(45(67)68)59-41(65)35(43(59)75-51)57(39(63)33(55-49(53)71)27-19-11-9-12-20-27)31(61)25-15-7-5-6-8-16-26-32(62)58(40(64)34(56-50(54)72)28-21-13-10-14-22-28)36-42(66)60-38(52(3,4)76-44(36)60)47(70)74-48-30-24-18-17-23-29(30)46(69)73-48/h9-14,17-24,33-38,43-44,48H,5-8,15-16,25-26H2,1-4H3,(H,67,68)(H3,53,55,71)(H3,54,56,72)/t33?,34?,35-,36-,37+,38+,43-,44-,48?/m1/s1. The van der Waals surface area contributed by atoms with E-state index in [0.29, 0.717) is 42.4 Å². The Balaban J connectivity index is 0.915. The molecule has 0 bridgehead atoms. The van der Waals surface area contributed by atoms with E-state index in [-0.39, 0.29) is 31.2 Å². The minimum atomic E-state index is -1.47. The molecule has 24 heteroatoms. The highest BCUT2D eigenvalue weighted by atomic mass is 32.2. The summed E-state index contributed by atoms with van der Waals surface area (Å²) in [6, 6.07) is 12.3. The maximum absolute atomic E-state index is 14.7. The number of hydrogen-bond donors (Lipinski definition) is 5. The molecule has 5 heterocycles. The third kappa shape index (κ3) is 10.6. The predicted octanol–water partition coefficient (Wildman–Crippen LogP) is 4.00. The number of cyclic esters (lactones) is 1. The first-order valence-corrected chi connectivity index (χ1v) is 26.5. The predicted molar refractivity (Wildman–Crippen MR) is 273 cm³/mol. The van der Waals surface area contributed by atoms with E-state index in [2.05, 4.69) is 10.6 Å². The largest absolute Gasteiger partial charge is 0.480 e. The molecule has 0 radical (unpaired) electrons. The number of carbonyl (C=O) groups excluding carboxylic acids is 10. The molecule has 8 rings (SSSR count). The van der Waals surface area contributed by atoms with Gasteiger partial charge in [-0.15, -0.1) is 23.5 Å². The fraction of sp³-hybridized carbons (Fsp3) is 0.442. The van der Waals surface area contributed by atoms with Crippen molar-refractivity contribution < 1.29 is 67.3 Å². The Morgan fingerprint density at radius 1 is 0.632 bits per heavy atom. The molecule has 5 aliphatic rings. The van der Waals surface area contributed by atoms with Crippen LogP contribution in [0.2, 0.25) is 0 Å². The molecular weight excluding hydrogens is 1020 g/mol. The van der Waals surface area contributed by atoms with Crippen molar-refractivity contribution in [3.63, 3.8) is 0 Å². The molecule has 4 saturated heterocycles. The number of esters is 2. The second-order valence-electron chi connectivity index (χ2n) is 20.0. The molecule has 3 unspecified atom stereocenters. The van der Waals surface area contributed by atoms with Gasteiger partial charge in [0.1, 0.15) is 47.0 Å². The number of unbranched alkanes of at least 4 members (excludes halogenated alkanes) is 5. The van der Waals surface area contributed by atoms with Crippen LogP contribution in [0.25, 0.3) is 0 Å². The minimum Gasteiger partial charge on any atom is -0.480 e. The summed E-state index contributed by atoms with van der Waals surface area (Å²) in [5.41, 5.74) is 12.2. The fourth-order valence-corrected chi connectivity index (χ4v) is 13.9. The van der Waals surface area contributed by atoms with Gasteiger partial charge in [0.05, 0.1) is 5.56 Å². The molecule has 0 saturated carbocycles. The van der Waals surface area contributed by atoms with Crippen molar-refractivity contribution in [2.24, 2.45) is 11.5 Å². The number of urea groups is 2. The molecule has 5 aliphatic heterocycles. The second kappa shape index (κ2) is 22.0. The maximum atomic E-state index is 14.7. The number of rotatable bonds is 20. The number of ether oxygens (including phenoxy) is 2. The van der Waals surface area contributed by atoms with Gasteiger partial charge in [-0.2, -0.15) is 0 Å². The zero-order chi connectivity index (χ0) is 55.0. The number of fused-ring (bicyclic) bond motifs is 3. The van der Waals surface area contributed by atoms with Crippen LogP contribution in [0.5, 0.6) is 0 Å². The lowest BCUT2D eigenvalue weighted by Crippen LogP contribution is -2.73. The Morgan fingerprint density at radius 2 is 1.04 bits per heavy atom. The number of carbonyl (C=O) groups is 11. The van der Waals surface area contributed by atoms with Crippen LogP contribution in [-0.2, 0) is 47.8 Å². The van der Waals surface area contributed by atoms with Gasteiger partial charge in [-0.05, 0) is 57.7 Å². The molecule has 3 aromatic rings. The lowest BCUT2D eigenvalue weighted by molar-refractivity contribution is -0.184. The number of amides is 10. The van der Waals surface area contributed by atoms with Crippen LogP contribution in [0.3, 0.4) is 0 Å². The van der Waals surface area contributed by atoms with Gasteiger partial charge >= 0.3 is 30.0 Å². The van der Waals surface area contributed by atoms with Gasteiger partial charge in [0, 0.05) is 27.9 Å². The maximum Gasteiger partial charge on any atom is 0.342 e. The highest BCUT2D eigenvalue weighted by molar-refractivity contribution is 8.02. The molecular formula is C52H58N8O14S2. The van der Waals surface area contributed by atoms with Crippen molar-refractivity contribution in [2.75, 3.05) is 0 Å². The second-order valence-corrected chi connectivity index (χ2v) is 23.6. The number of nitrogens with two attached hydrogens (primary N) is 2. The molecule has 3 aromatic carbocycles. The number of carboxylic acid groups (broad SMARTS) is 1. The number of benzene rings is 3. The number of β-lactam (4-membered cyclic amide) rings is 2. The summed E-state index contributed by atoms with van der Waals surface area (Å²) in [5, 5.41) is 13.1. The van der Waals surface area contributed by atoms with Crippen molar-refractivity contribution in [2.45, 2.75) is 142 Å². The SMILES string of the molecule is CC1(C)S[C@@H]2[C@H](N(C(=O)CCCCCCCCC(=O)N(C(=O)C(NC(N)=O)c3ccccc3)[C@@H]3C(=O)N4[C@@H]3SC(C)(C)[C@@H]4C(=O)OC3OC(=O)c4ccccc43)C(=O)C(NC(N)=O)c3ccccc3)C(=O)N2[C@H]1C(=O)O. The van der Waals surface area contributed by atoms with Crippen molar-refractivity contribution in [3.05, 3.63) is 107 Å². The van der Waals surface area contributed by atoms with Gasteiger partial charge in [0.25, 0.3) is 29.9 Å². The summed E-state index contributed by atoms with van der Waals surface area (Å²) in [5.74, 6) is -7.44. The first-order valence-electron chi connectivity index (χ1n) is 24.7. The number of hydrogen-bond acceptors (Lipinski definition) is 15. The fourth-order valence-electron chi connectivity index (χ4n) is 10.6. The molecule has 0 aromatic heterocycles. The Hall–Kier alpha value is -7.47. The molecule has 10 amide bonds. The summed E-state index contributed by atoms with van der Waals surface area (Å²) in [4.78, 5) is 153. The van der Waals surface area contributed by atoms with Crippen LogP contribution < -0.4 is 22.1 Å². The van der Waals surface area contributed by atoms with E-state index in [1.54, 1.807) is 107 Å². The molecule has 22 nitrogen and oxygen atoms in total. The number of carboxylic acids is 1. The number of nitrogens with one attached hydrogen (secondary N) is 2. The van der Waals surface area contributed by atoms with E-state index in [0.717, 1.165) is 21.6 Å². The van der Waals surface area contributed by atoms with Crippen LogP contribution in [0, 0.1) is 0 Å². The van der Waals surface area contributed by atoms with Gasteiger partial charge in [-0.1, -0.05) is 105 Å².